The highest BCUT2D eigenvalue weighted by Gasteiger charge is 2.41. The van der Waals surface area contributed by atoms with E-state index in [1.165, 1.54) is 12.1 Å². The summed E-state index contributed by atoms with van der Waals surface area (Å²) >= 11 is 0. The lowest BCUT2D eigenvalue weighted by atomic mass is 9.77. The number of ether oxygens (including phenoxy) is 3. The average molecular weight is 411 g/mol. The minimum absolute atomic E-state index is 0.0443. The molecule has 156 valence electrons. The molecular formula is C20H20F3NO5. The Morgan fingerprint density at radius 3 is 2.45 bits per heavy atom. The summed E-state index contributed by atoms with van der Waals surface area (Å²) in [5.74, 6) is -2.05. The van der Waals surface area contributed by atoms with Gasteiger partial charge in [0.15, 0.2) is 5.78 Å². The van der Waals surface area contributed by atoms with Crippen LogP contribution in [0, 0.1) is 0 Å². The number of esters is 1. The van der Waals surface area contributed by atoms with E-state index in [2.05, 4.69) is 4.74 Å². The first kappa shape index (κ1) is 20.8. The maximum Gasteiger partial charge on any atom is 0.573 e. The van der Waals surface area contributed by atoms with Gasteiger partial charge in [0.05, 0.1) is 12.0 Å². The van der Waals surface area contributed by atoms with Gasteiger partial charge in [-0.15, -0.1) is 13.2 Å². The van der Waals surface area contributed by atoms with Gasteiger partial charge >= 0.3 is 12.3 Å². The molecule has 29 heavy (non-hydrogen) atoms. The molecule has 2 aliphatic rings. The first-order valence-corrected chi connectivity index (χ1v) is 9.07. The quantitative estimate of drug-likeness (QED) is 0.758. The number of allylic oxidation sites excluding steroid dienone is 2. The second-order valence-electron chi connectivity index (χ2n) is 7.00. The van der Waals surface area contributed by atoms with E-state index in [4.69, 9.17) is 15.2 Å². The van der Waals surface area contributed by atoms with Crippen LogP contribution < -0.4 is 10.5 Å². The van der Waals surface area contributed by atoms with Crippen molar-refractivity contribution in [3.05, 3.63) is 52.6 Å². The second kappa shape index (κ2) is 7.81. The van der Waals surface area contributed by atoms with Crippen molar-refractivity contribution in [3.8, 4) is 5.75 Å². The molecule has 0 amide bonds. The third kappa shape index (κ3) is 4.55. The van der Waals surface area contributed by atoms with Crippen LogP contribution in [-0.2, 0) is 19.1 Å². The fourth-order valence-electron chi connectivity index (χ4n) is 3.43. The van der Waals surface area contributed by atoms with Crippen LogP contribution in [0.3, 0.4) is 0 Å². The number of carbonyl (C=O) groups excluding carboxylic acids is 2. The molecule has 1 aromatic rings. The van der Waals surface area contributed by atoms with Crippen LogP contribution in [0.1, 0.15) is 44.6 Å². The van der Waals surface area contributed by atoms with E-state index >= 15 is 0 Å². The Balaban J connectivity index is 2.05. The molecule has 1 aliphatic heterocycles. The molecule has 1 heterocycles. The van der Waals surface area contributed by atoms with Crippen LogP contribution in [-0.4, -0.2) is 24.2 Å². The molecule has 2 N–H and O–H groups in total. The van der Waals surface area contributed by atoms with Crippen molar-refractivity contribution in [2.75, 3.05) is 0 Å². The van der Waals surface area contributed by atoms with Gasteiger partial charge in [-0.2, -0.15) is 0 Å². The van der Waals surface area contributed by atoms with E-state index in [9.17, 15) is 22.8 Å². The summed E-state index contributed by atoms with van der Waals surface area (Å²) in [4.78, 5) is 25.3. The predicted octanol–water partition coefficient (Wildman–Crippen LogP) is 3.83. The van der Waals surface area contributed by atoms with E-state index in [0.29, 0.717) is 24.2 Å². The third-order valence-corrected chi connectivity index (χ3v) is 4.49. The maximum absolute atomic E-state index is 12.7. The maximum atomic E-state index is 12.7. The number of alkyl halides is 3. The zero-order valence-electron chi connectivity index (χ0n) is 15.8. The summed E-state index contributed by atoms with van der Waals surface area (Å²) < 4.78 is 52.0. The normalized spacial score (nSPS) is 19.8. The number of nitrogens with two attached hydrogens (primary N) is 1. The molecule has 6 nitrogen and oxygen atoms in total. The number of ketones is 1. The zero-order chi connectivity index (χ0) is 21.3. The van der Waals surface area contributed by atoms with Gasteiger partial charge in [-0.25, -0.2) is 4.79 Å². The van der Waals surface area contributed by atoms with Gasteiger partial charge in [-0.1, -0.05) is 12.1 Å². The number of Topliss-reactive ketones (excluding diaryl/α,β-unsaturated/α-hetero) is 1. The lowest BCUT2D eigenvalue weighted by Gasteiger charge is -2.32. The highest BCUT2D eigenvalue weighted by molar-refractivity contribution is 6.03. The van der Waals surface area contributed by atoms with E-state index in [-0.39, 0.29) is 29.2 Å². The van der Waals surface area contributed by atoms with E-state index in [1.807, 2.05) is 0 Å². The Labute approximate surface area is 165 Å². The molecule has 9 heteroatoms. The molecule has 0 saturated carbocycles. The van der Waals surface area contributed by atoms with E-state index in [0.717, 1.165) is 12.1 Å². The third-order valence-electron chi connectivity index (χ3n) is 4.49. The molecule has 1 atom stereocenters. The molecule has 0 unspecified atom stereocenters. The molecular weight excluding hydrogens is 391 g/mol. The molecule has 0 bridgehead atoms. The largest absolute Gasteiger partial charge is 0.573 e. The summed E-state index contributed by atoms with van der Waals surface area (Å²) in [7, 11) is 0. The summed E-state index contributed by atoms with van der Waals surface area (Å²) in [6, 6.07) is 4.96. The monoisotopic (exact) mass is 411 g/mol. The van der Waals surface area contributed by atoms with Gasteiger partial charge in [-0.05, 0) is 38.0 Å². The Hall–Kier alpha value is -2.97. The smallest absolute Gasteiger partial charge is 0.459 e. The van der Waals surface area contributed by atoms with Gasteiger partial charge in [0.25, 0.3) is 0 Å². The van der Waals surface area contributed by atoms with E-state index < -0.39 is 30.1 Å². The van der Waals surface area contributed by atoms with Crippen molar-refractivity contribution in [1.29, 1.82) is 0 Å². The van der Waals surface area contributed by atoms with Crippen molar-refractivity contribution in [3.63, 3.8) is 0 Å². The summed E-state index contributed by atoms with van der Waals surface area (Å²) in [6.45, 7) is 3.32. The van der Waals surface area contributed by atoms with Crippen molar-refractivity contribution in [2.45, 2.75) is 51.5 Å². The van der Waals surface area contributed by atoms with E-state index in [1.54, 1.807) is 13.8 Å². The van der Waals surface area contributed by atoms with Crippen LogP contribution >= 0.6 is 0 Å². The lowest BCUT2D eigenvalue weighted by molar-refractivity contribution is -0.274. The molecule has 0 radical (unpaired) electrons. The number of carbonyl (C=O) groups is 2. The van der Waals surface area contributed by atoms with Crippen LogP contribution in [0.5, 0.6) is 5.75 Å². The summed E-state index contributed by atoms with van der Waals surface area (Å²) in [5, 5.41) is 0. The zero-order valence-corrected chi connectivity index (χ0v) is 15.8. The van der Waals surface area contributed by atoms with Crippen molar-refractivity contribution >= 4 is 11.8 Å². The van der Waals surface area contributed by atoms with Gasteiger partial charge < -0.3 is 19.9 Å². The minimum atomic E-state index is -4.83. The Morgan fingerprint density at radius 1 is 1.21 bits per heavy atom. The lowest BCUT2D eigenvalue weighted by Crippen LogP contribution is -2.32. The standard InChI is InChI=1S/C20H20F3NO5/c1-10(2)27-19(26)17-15(11-6-8-12(9-7-11)29-20(21,22)23)16-13(25)4-3-5-14(16)28-18(17)24/h6-10,15H,3-5,24H2,1-2H3/t15-/m0/s1. The van der Waals surface area contributed by atoms with Gasteiger partial charge in [0.2, 0.25) is 5.88 Å². The van der Waals surface area contributed by atoms with Gasteiger partial charge in [0.1, 0.15) is 17.1 Å². The molecule has 1 aromatic carbocycles. The fraction of sp³-hybridized carbons (Fsp3) is 0.400. The van der Waals surface area contributed by atoms with Crippen LogP contribution in [0.15, 0.2) is 47.1 Å². The number of halogens is 3. The SMILES string of the molecule is CC(C)OC(=O)C1=C(N)OC2=C(C(=O)CCC2)[C@@H]1c1ccc(OC(F)(F)F)cc1. The summed E-state index contributed by atoms with van der Waals surface area (Å²) in [6.07, 6.45) is -3.93. The number of hydrogen-bond donors (Lipinski definition) is 1. The van der Waals surface area contributed by atoms with Crippen molar-refractivity contribution in [2.24, 2.45) is 5.73 Å². The number of rotatable bonds is 4. The van der Waals surface area contributed by atoms with Gasteiger partial charge in [0, 0.05) is 18.4 Å². The van der Waals surface area contributed by atoms with Gasteiger partial charge in [-0.3, -0.25) is 4.79 Å². The fourth-order valence-corrected chi connectivity index (χ4v) is 3.43. The summed E-state index contributed by atoms with van der Waals surface area (Å²) in [5.41, 5.74) is 6.63. The number of hydrogen-bond acceptors (Lipinski definition) is 6. The Morgan fingerprint density at radius 2 is 1.86 bits per heavy atom. The van der Waals surface area contributed by atoms with Crippen molar-refractivity contribution in [1.82, 2.24) is 0 Å². The molecule has 0 aromatic heterocycles. The average Bonchev–Trinajstić information content (AvgIpc) is 2.59. The Bertz CT molecular complexity index is 884. The van der Waals surface area contributed by atoms with Crippen LogP contribution in [0.2, 0.25) is 0 Å². The second-order valence-corrected chi connectivity index (χ2v) is 7.00. The highest BCUT2D eigenvalue weighted by atomic mass is 19.4. The molecule has 0 saturated heterocycles. The first-order chi connectivity index (χ1) is 13.6. The topological polar surface area (TPSA) is 87.9 Å². The van der Waals surface area contributed by atoms with Crippen LogP contribution in [0.25, 0.3) is 0 Å². The minimum Gasteiger partial charge on any atom is -0.459 e. The number of benzene rings is 1. The van der Waals surface area contributed by atoms with Crippen molar-refractivity contribution < 1.29 is 37.0 Å². The molecule has 0 spiro atoms. The van der Waals surface area contributed by atoms with Crippen LogP contribution in [0.4, 0.5) is 13.2 Å². The predicted molar refractivity (Wildman–Crippen MR) is 95.3 cm³/mol. The first-order valence-electron chi connectivity index (χ1n) is 9.07. The molecule has 3 rings (SSSR count). The molecule has 1 aliphatic carbocycles. The Kier molecular flexibility index (Phi) is 5.59. The molecule has 0 fully saturated rings. The highest BCUT2D eigenvalue weighted by Crippen LogP contribution is 2.44.